The third kappa shape index (κ3) is 5.16. The van der Waals surface area contributed by atoms with Crippen LogP contribution in [-0.2, 0) is 25.8 Å². The molecule has 41 heavy (non-hydrogen) atoms. The van der Waals surface area contributed by atoms with E-state index in [2.05, 4.69) is 111 Å². The zero-order chi connectivity index (χ0) is 25.7. The van der Waals surface area contributed by atoms with E-state index in [9.17, 15) is 0 Å². The first kappa shape index (κ1) is 32.7. The molecular formula is C36H38Cl2HfSi2. The van der Waals surface area contributed by atoms with Crippen LogP contribution >= 0.6 is 0 Å². The molecule has 0 amide bonds. The Morgan fingerprint density at radius 3 is 1.27 bits per heavy atom. The van der Waals surface area contributed by atoms with E-state index in [0.717, 1.165) is 11.1 Å². The van der Waals surface area contributed by atoms with Crippen molar-refractivity contribution in [2.45, 2.75) is 74.0 Å². The molecule has 0 nitrogen and oxygen atoms in total. The van der Waals surface area contributed by atoms with Crippen molar-refractivity contribution in [3.8, 4) is 22.3 Å². The Bertz CT molecular complexity index is 1280. The van der Waals surface area contributed by atoms with Crippen LogP contribution in [0.25, 0.3) is 22.3 Å². The summed E-state index contributed by atoms with van der Waals surface area (Å²) in [5.74, 6) is 0. The molecule has 8 rings (SSSR count). The number of fused-ring (bicyclic) bond motifs is 6. The van der Waals surface area contributed by atoms with Crippen molar-refractivity contribution in [1.82, 2.24) is 0 Å². The summed E-state index contributed by atoms with van der Waals surface area (Å²) >= 11 is 0. The average molecular weight is 776 g/mol. The molecule has 2 fully saturated rings. The summed E-state index contributed by atoms with van der Waals surface area (Å²) in [6.07, 6.45) is 2.92. The zero-order valence-corrected chi connectivity index (χ0v) is 31.3. The van der Waals surface area contributed by atoms with Gasteiger partial charge < -0.3 is 24.8 Å². The Labute approximate surface area is 280 Å². The summed E-state index contributed by atoms with van der Waals surface area (Å²) in [6, 6.07) is 47.3. The first-order valence-electron chi connectivity index (χ1n) is 14.9. The monoisotopic (exact) mass is 776 g/mol. The molecule has 2 aliphatic carbocycles. The van der Waals surface area contributed by atoms with Crippen molar-refractivity contribution in [2.75, 3.05) is 0 Å². The van der Waals surface area contributed by atoms with Crippen LogP contribution in [0.2, 0.25) is 36.3 Å². The molecule has 4 aliphatic rings. The molecule has 0 spiro atoms. The maximum Gasteiger partial charge on any atom is 4.00 e. The van der Waals surface area contributed by atoms with Crippen LogP contribution in [0.5, 0.6) is 0 Å². The van der Waals surface area contributed by atoms with Gasteiger partial charge in [-0.05, 0) is 22.2 Å². The van der Waals surface area contributed by atoms with Crippen molar-refractivity contribution < 1.29 is 50.7 Å². The molecule has 5 heteroatoms. The Kier molecular flexibility index (Phi) is 10.5. The predicted octanol–water partition coefficient (Wildman–Crippen LogP) is 4.03. The second-order valence-corrected chi connectivity index (χ2v) is 22.2. The van der Waals surface area contributed by atoms with Crippen molar-refractivity contribution in [2.24, 2.45) is 0 Å². The summed E-state index contributed by atoms with van der Waals surface area (Å²) in [5.41, 5.74) is 13.5. The van der Waals surface area contributed by atoms with Crippen LogP contribution < -0.4 is 24.8 Å². The third-order valence-electron chi connectivity index (χ3n) is 10.8. The molecule has 4 aromatic rings. The minimum absolute atomic E-state index is 0. The Hall–Kier alpha value is -1.24. The Morgan fingerprint density at radius 2 is 0.927 bits per heavy atom. The molecule has 2 atom stereocenters. The molecule has 2 saturated heterocycles. The van der Waals surface area contributed by atoms with Crippen molar-refractivity contribution in [1.29, 1.82) is 0 Å². The van der Waals surface area contributed by atoms with Crippen LogP contribution in [0.15, 0.2) is 84.9 Å². The molecule has 0 radical (unpaired) electrons. The van der Waals surface area contributed by atoms with E-state index in [1.165, 1.54) is 82.5 Å². The van der Waals surface area contributed by atoms with Gasteiger partial charge in [-0.1, -0.05) is 123 Å². The Morgan fingerprint density at radius 1 is 0.561 bits per heavy atom. The fourth-order valence-corrected chi connectivity index (χ4v) is 17.8. The molecule has 2 aliphatic heterocycles. The molecular weight excluding hydrogens is 738 g/mol. The smallest absolute Gasteiger partial charge is 1.00 e. The summed E-state index contributed by atoms with van der Waals surface area (Å²) in [4.78, 5) is 0. The van der Waals surface area contributed by atoms with E-state index in [4.69, 9.17) is 0 Å². The largest absolute Gasteiger partial charge is 4.00 e. The van der Waals surface area contributed by atoms with Gasteiger partial charge in [-0.25, -0.2) is 0 Å². The zero-order valence-electron chi connectivity index (χ0n) is 24.2. The Balaban J connectivity index is 0.000000176. The van der Waals surface area contributed by atoms with E-state index in [0.29, 0.717) is 0 Å². The number of hydrogen-bond donors (Lipinski definition) is 0. The van der Waals surface area contributed by atoms with Gasteiger partial charge >= 0.3 is 25.8 Å². The molecule has 0 N–H and O–H groups in total. The van der Waals surface area contributed by atoms with E-state index in [1.807, 2.05) is 0 Å². The third-order valence-corrected chi connectivity index (χ3v) is 22.7. The summed E-state index contributed by atoms with van der Waals surface area (Å²) in [6.45, 7) is 4.85. The van der Waals surface area contributed by atoms with Crippen molar-refractivity contribution in [3.63, 3.8) is 0 Å². The van der Waals surface area contributed by atoms with E-state index in [1.54, 1.807) is 11.1 Å². The summed E-state index contributed by atoms with van der Waals surface area (Å²) in [7, 11) is -2.23. The number of rotatable bonds is 4. The second-order valence-electron chi connectivity index (χ2n) is 12.2. The number of benzene rings is 4. The van der Waals surface area contributed by atoms with Gasteiger partial charge in [-0.2, -0.15) is 48.5 Å². The van der Waals surface area contributed by atoms with Gasteiger partial charge in [0.1, 0.15) is 0 Å². The van der Waals surface area contributed by atoms with E-state index >= 15 is 0 Å². The van der Waals surface area contributed by atoms with E-state index < -0.39 is 16.1 Å². The van der Waals surface area contributed by atoms with Gasteiger partial charge in [0.15, 0.2) is 0 Å². The first-order chi connectivity index (χ1) is 18.7. The quantitative estimate of drug-likeness (QED) is 0.217. The van der Waals surface area contributed by atoms with Gasteiger partial charge in [-0.15, -0.1) is 22.3 Å². The van der Waals surface area contributed by atoms with Gasteiger partial charge in [0.2, 0.25) is 0 Å². The van der Waals surface area contributed by atoms with Crippen LogP contribution in [-0.4, -0.2) is 16.1 Å². The molecule has 2 heterocycles. The topological polar surface area (TPSA) is 0 Å². The fraction of sp³-hybridized carbons (Fsp3) is 0.333. The maximum absolute atomic E-state index is 3.59. The van der Waals surface area contributed by atoms with Gasteiger partial charge in [0.05, 0.1) is 16.1 Å². The molecule has 0 aromatic heterocycles. The summed E-state index contributed by atoms with van der Waals surface area (Å²) in [5, 5.41) is 0. The van der Waals surface area contributed by atoms with Crippen LogP contribution in [0, 0.1) is 12.1 Å². The van der Waals surface area contributed by atoms with Gasteiger partial charge in [0.25, 0.3) is 0 Å². The molecule has 2 unspecified atom stereocenters. The predicted molar refractivity (Wildman–Crippen MR) is 166 cm³/mol. The van der Waals surface area contributed by atoms with Crippen molar-refractivity contribution >= 4 is 16.1 Å². The minimum atomic E-state index is -1.12. The molecule has 0 bridgehead atoms. The van der Waals surface area contributed by atoms with Gasteiger partial charge in [-0.3, -0.25) is 0 Å². The number of hydrogen-bond acceptors (Lipinski definition) is 0. The average Bonchev–Trinajstić information content (AvgIpc) is 3.44. The normalized spacial score (nSPS) is 20.8. The first-order valence-corrected chi connectivity index (χ1v) is 20.3. The fourth-order valence-electron chi connectivity index (χ4n) is 8.37. The van der Waals surface area contributed by atoms with E-state index in [-0.39, 0.29) is 50.7 Å². The second kappa shape index (κ2) is 13.2. The van der Waals surface area contributed by atoms with Crippen LogP contribution in [0.3, 0.4) is 0 Å². The minimum Gasteiger partial charge on any atom is -1.00 e. The van der Waals surface area contributed by atoms with Crippen LogP contribution in [0.4, 0.5) is 0 Å². The standard InChI is InChI=1S/2C18H19Si.2ClH.Hf/c2*1-2-19(12-7-13-19)18-16-10-5-3-8-14(16)15-9-4-6-11-17(15)18;;;/h2*3-6,8-10,18H,2,7,12-13H2,1H3;2*1H;/q2*-1;;;+4/p-2. The summed E-state index contributed by atoms with van der Waals surface area (Å²) < 4.78 is 0. The van der Waals surface area contributed by atoms with Crippen molar-refractivity contribution in [3.05, 3.63) is 119 Å². The number of halogens is 2. The SMILES string of the molecule is CC[Si]1(C2c3[c-]cccc3-c3ccccc32)CCC1.CC[Si]1(C2c3[c-]cccc3-c3ccccc32)CCC1.[Cl-].[Cl-].[Hf+4]. The maximum atomic E-state index is 3.59. The van der Waals surface area contributed by atoms with Gasteiger partial charge in [0, 0.05) is 0 Å². The molecule has 0 saturated carbocycles. The van der Waals surface area contributed by atoms with Crippen LogP contribution in [0.1, 0.15) is 60.0 Å². The molecule has 4 aromatic carbocycles. The molecule has 208 valence electrons.